The molecule has 0 unspecified atom stereocenters. The minimum Gasteiger partial charge on any atom is -0.321 e. The van der Waals surface area contributed by atoms with Crippen molar-refractivity contribution in [3.63, 3.8) is 0 Å². The van der Waals surface area contributed by atoms with Crippen molar-refractivity contribution in [1.29, 1.82) is 0 Å². The van der Waals surface area contributed by atoms with Crippen LogP contribution in [0.1, 0.15) is 43.4 Å². The van der Waals surface area contributed by atoms with Crippen LogP contribution in [0, 0.1) is 6.92 Å². The first kappa shape index (κ1) is 11.9. The van der Waals surface area contributed by atoms with E-state index >= 15 is 0 Å². The fourth-order valence-corrected chi connectivity index (χ4v) is 2.37. The van der Waals surface area contributed by atoms with Gasteiger partial charge in [-0.3, -0.25) is 4.79 Å². The van der Waals surface area contributed by atoms with E-state index in [1.807, 2.05) is 13.0 Å². The van der Waals surface area contributed by atoms with Gasteiger partial charge in [-0.05, 0) is 41.8 Å². The maximum Gasteiger partial charge on any atom is 0.251 e. The zero-order chi connectivity index (χ0) is 12.6. The molecule has 0 fully saturated rings. The number of hydrogen-bond donors (Lipinski definition) is 1. The van der Waals surface area contributed by atoms with Crippen molar-refractivity contribution in [2.24, 2.45) is 0 Å². The first-order valence-electron chi connectivity index (χ1n) is 6.20. The van der Waals surface area contributed by atoms with E-state index in [0.29, 0.717) is 5.92 Å². The number of aromatic nitrogens is 1. The average Bonchev–Trinajstić information content (AvgIpc) is 2.29. The molecule has 17 heavy (non-hydrogen) atoms. The Labute approximate surface area is 102 Å². The Morgan fingerprint density at radius 1 is 1.29 bits per heavy atom. The van der Waals surface area contributed by atoms with E-state index in [0.717, 1.165) is 22.9 Å². The quantitative estimate of drug-likeness (QED) is 0.839. The Balaban J connectivity index is 2.79. The van der Waals surface area contributed by atoms with Gasteiger partial charge >= 0.3 is 0 Å². The van der Waals surface area contributed by atoms with Crippen LogP contribution in [0.5, 0.6) is 0 Å². The number of H-pyrrole nitrogens is 1. The number of aromatic amines is 1. The van der Waals surface area contributed by atoms with Gasteiger partial charge in [0.2, 0.25) is 0 Å². The third kappa shape index (κ3) is 1.99. The zero-order valence-corrected chi connectivity index (χ0v) is 10.9. The van der Waals surface area contributed by atoms with Crippen molar-refractivity contribution in [1.82, 2.24) is 4.98 Å². The van der Waals surface area contributed by atoms with Gasteiger partial charge in [0.05, 0.1) is 5.52 Å². The summed E-state index contributed by atoms with van der Waals surface area (Å²) in [6, 6.07) is 6.28. The van der Waals surface area contributed by atoms with Crippen LogP contribution < -0.4 is 5.56 Å². The summed E-state index contributed by atoms with van der Waals surface area (Å²) in [6.07, 6.45) is 0.774. The highest BCUT2D eigenvalue weighted by molar-refractivity contribution is 5.83. The largest absolute Gasteiger partial charge is 0.321 e. The normalized spacial score (nSPS) is 11.4. The van der Waals surface area contributed by atoms with Crippen LogP contribution in [0.25, 0.3) is 10.9 Å². The highest BCUT2D eigenvalue weighted by Crippen LogP contribution is 2.25. The average molecular weight is 229 g/mol. The lowest BCUT2D eigenvalue weighted by Gasteiger charge is -2.12. The first-order chi connectivity index (χ1) is 8.04. The highest BCUT2D eigenvalue weighted by atomic mass is 16.1. The minimum atomic E-state index is 0.0454. The summed E-state index contributed by atoms with van der Waals surface area (Å²) in [6.45, 7) is 8.43. The van der Waals surface area contributed by atoms with E-state index in [1.54, 1.807) is 0 Å². The van der Waals surface area contributed by atoms with Gasteiger partial charge in [-0.1, -0.05) is 32.9 Å². The number of rotatable bonds is 2. The highest BCUT2D eigenvalue weighted by Gasteiger charge is 2.09. The summed E-state index contributed by atoms with van der Waals surface area (Å²) in [4.78, 5) is 14.9. The minimum absolute atomic E-state index is 0.0454. The molecule has 1 heterocycles. The van der Waals surface area contributed by atoms with Crippen molar-refractivity contribution in [3.8, 4) is 0 Å². The lowest BCUT2D eigenvalue weighted by atomic mass is 9.95. The molecule has 90 valence electrons. The van der Waals surface area contributed by atoms with E-state index in [2.05, 4.69) is 37.9 Å². The van der Waals surface area contributed by atoms with Gasteiger partial charge in [0.15, 0.2) is 0 Å². The molecule has 1 aromatic heterocycles. The molecule has 2 rings (SSSR count). The fraction of sp³-hybridized carbons (Fsp3) is 0.400. The number of fused-ring (bicyclic) bond motifs is 1. The van der Waals surface area contributed by atoms with Gasteiger partial charge in [-0.2, -0.15) is 0 Å². The van der Waals surface area contributed by atoms with Gasteiger partial charge in [-0.25, -0.2) is 0 Å². The fourth-order valence-electron chi connectivity index (χ4n) is 2.37. The van der Waals surface area contributed by atoms with Crippen molar-refractivity contribution in [2.45, 2.75) is 40.0 Å². The van der Waals surface area contributed by atoms with Crippen LogP contribution in [-0.2, 0) is 6.42 Å². The van der Waals surface area contributed by atoms with Crippen LogP contribution in [0.15, 0.2) is 23.0 Å². The van der Waals surface area contributed by atoms with E-state index in [9.17, 15) is 4.79 Å². The Morgan fingerprint density at radius 3 is 2.59 bits per heavy atom. The van der Waals surface area contributed by atoms with Crippen molar-refractivity contribution >= 4 is 10.9 Å². The molecule has 2 nitrogen and oxygen atoms in total. The van der Waals surface area contributed by atoms with Crippen molar-refractivity contribution in [3.05, 3.63) is 45.2 Å². The Hall–Kier alpha value is -1.57. The van der Waals surface area contributed by atoms with Gasteiger partial charge in [0.1, 0.15) is 0 Å². The molecule has 1 aromatic carbocycles. The second-order valence-corrected chi connectivity index (χ2v) is 4.88. The van der Waals surface area contributed by atoms with E-state index < -0.39 is 0 Å². The van der Waals surface area contributed by atoms with Gasteiger partial charge < -0.3 is 4.98 Å². The molecule has 0 spiro atoms. The van der Waals surface area contributed by atoms with Gasteiger partial charge in [-0.15, -0.1) is 0 Å². The summed E-state index contributed by atoms with van der Waals surface area (Å²) in [7, 11) is 0. The third-order valence-corrected chi connectivity index (χ3v) is 3.40. The maximum atomic E-state index is 11.8. The van der Waals surface area contributed by atoms with Crippen LogP contribution in [0.4, 0.5) is 0 Å². The number of pyridine rings is 1. The molecule has 0 amide bonds. The lowest BCUT2D eigenvalue weighted by Crippen LogP contribution is -2.12. The van der Waals surface area contributed by atoms with Crippen LogP contribution >= 0.6 is 0 Å². The molecule has 0 aliphatic carbocycles. The molecular weight excluding hydrogens is 210 g/mol. The predicted molar refractivity (Wildman–Crippen MR) is 72.8 cm³/mol. The maximum absolute atomic E-state index is 11.8. The van der Waals surface area contributed by atoms with E-state index in [4.69, 9.17) is 0 Å². The summed E-state index contributed by atoms with van der Waals surface area (Å²) >= 11 is 0. The molecule has 0 aliphatic heterocycles. The molecule has 2 aromatic rings. The van der Waals surface area contributed by atoms with Crippen molar-refractivity contribution in [2.75, 3.05) is 0 Å². The molecular formula is C15H19NO. The lowest BCUT2D eigenvalue weighted by molar-refractivity contribution is 0.858. The predicted octanol–water partition coefficient (Wildman–Crippen LogP) is 3.52. The topological polar surface area (TPSA) is 32.9 Å². The van der Waals surface area contributed by atoms with Gasteiger partial charge in [0.25, 0.3) is 5.56 Å². The van der Waals surface area contributed by atoms with Crippen LogP contribution in [0.2, 0.25) is 0 Å². The molecule has 0 radical (unpaired) electrons. The van der Waals surface area contributed by atoms with E-state index in [1.165, 1.54) is 11.1 Å². The molecule has 0 saturated heterocycles. The molecule has 0 bridgehead atoms. The van der Waals surface area contributed by atoms with E-state index in [-0.39, 0.29) is 5.56 Å². The molecule has 0 aliphatic rings. The standard InChI is InChI=1S/C15H19NO/c1-5-11-8-12-6-7-13(9(2)3)10(4)14(12)16-15(11)17/h6-9H,5H2,1-4H3,(H,16,17). The smallest absolute Gasteiger partial charge is 0.251 e. The zero-order valence-electron chi connectivity index (χ0n) is 10.9. The number of benzene rings is 1. The summed E-state index contributed by atoms with van der Waals surface area (Å²) in [5.74, 6) is 0.480. The van der Waals surface area contributed by atoms with Crippen molar-refractivity contribution < 1.29 is 0 Å². The second kappa shape index (κ2) is 4.36. The summed E-state index contributed by atoms with van der Waals surface area (Å²) in [5, 5.41) is 1.13. The van der Waals surface area contributed by atoms with Crippen LogP contribution in [0.3, 0.4) is 0 Å². The summed E-state index contributed by atoms with van der Waals surface area (Å²) < 4.78 is 0. The monoisotopic (exact) mass is 229 g/mol. The number of hydrogen-bond acceptors (Lipinski definition) is 1. The molecule has 0 saturated carbocycles. The Morgan fingerprint density at radius 2 is 2.00 bits per heavy atom. The number of aryl methyl sites for hydroxylation is 2. The Bertz CT molecular complexity index is 608. The molecule has 1 N–H and O–H groups in total. The molecule has 2 heteroatoms. The third-order valence-electron chi connectivity index (χ3n) is 3.40. The van der Waals surface area contributed by atoms with Crippen LogP contribution in [-0.4, -0.2) is 4.98 Å². The van der Waals surface area contributed by atoms with Gasteiger partial charge in [0, 0.05) is 5.56 Å². The Kier molecular flexibility index (Phi) is 3.05. The first-order valence-corrected chi connectivity index (χ1v) is 6.20. The SMILES string of the molecule is CCc1cc2ccc(C(C)C)c(C)c2[nH]c1=O. The number of nitrogens with one attached hydrogen (secondary N) is 1. The second-order valence-electron chi connectivity index (χ2n) is 4.88. The molecule has 0 atom stereocenters. The summed E-state index contributed by atoms with van der Waals surface area (Å²) in [5.41, 5.74) is 4.38.